The third-order valence-electron chi connectivity index (χ3n) is 3.08. The second kappa shape index (κ2) is 4.88. The molecule has 4 heteroatoms. The lowest BCUT2D eigenvalue weighted by atomic mass is 9.89. The molecular weight excluding hydrogens is 236 g/mol. The molecule has 0 saturated heterocycles. The van der Waals surface area contributed by atoms with E-state index in [0.717, 1.165) is 16.9 Å². The SMILES string of the molecule is CN(c1ccc(N)cc1)c1ncc(C(C)(C)C)cn1. The van der Waals surface area contributed by atoms with E-state index in [1.807, 2.05) is 48.6 Å². The molecule has 0 atom stereocenters. The summed E-state index contributed by atoms with van der Waals surface area (Å²) in [4.78, 5) is 10.8. The highest BCUT2D eigenvalue weighted by Gasteiger charge is 2.15. The molecule has 0 fully saturated rings. The predicted octanol–water partition coefficient (Wildman–Crippen LogP) is 3.12. The van der Waals surface area contributed by atoms with E-state index in [-0.39, 0.29) is 5.41 Å². The van der Waals surface area contributed by atoms with Crippen molar-refractivity contribution in [3.63, 3.8) is 0 Å². The molecule has 0 aliphatic heterocycles. The summed E-state index contributed by atoms with van der Waals surface area (Å²) in [6, 6.07) is 7.65. The highest BCUT2D eigenvalue weighted by atomic mass is 15.2. The van der Waals surface area contributed by atoms with Crippen molar-refractivity contribution in [2.24, 2.45) is 0 Å². The van der Waals surface area contributed by atoms with Crippen molar-refractivity contribution in [2.45, 2.75) is 26.2 Å². The van der Waals surface area contributed by atoms with Crippen LogP contribution in [0, 0.1) is 0 Å². The molecule has 1 heterocycles. The Balaban J connectivity index is 2.25. The van der Waals surface area contributed by atoms with Crippen LogP contribution in [0.25, 0.3) is 0 Å². The summed E-state index contributed by atoms with van der Waals surface area (Å²) >= 11 is 0. The van der Waals surface area contributed by atoms with Crippen LogP contribution in [0.15, 0.2) is 36.7 Å². The van der Waals surface area contributed by atoms with E-state index < -0.39 is 0 Å². The van der Waals surface area contributed by atoms with Crippen LogP contribution < -0.4 is 10.6 Å². The van der Waals surface area contributed by atoms with Gasteiger partial charge in [0.1, 0.15) is 0 Å². The second-order valence-corrected chi connectivity index (χ2v) is 5.67. The van der Waals surface area contributed by atoms with Gasteiger partial charge in [-0.05, 0) is 35.2 Å². The van der Waals surface area contributed by atoms with Gasteiger partial charge >= 0.3 is 0 Å². The fourth-order valence-corrected chi connectivity index (χ4v) is 1.70. The molecule has 0 amide bonds. The molecule has 2 aromatic rings. The molecule has 0 bridgehead atoms. The zero-order valence-electron chi connectivity index (χ0n) is 11.9. The molecule has 2 rings (SSSR count). The highest BCUT2D eigenvalue weighted by molar-refractivity contribution is 5.59. The maximum absolute atomic E-state index is 5.68. The summed E-state index contributed by atoms with van der Waals surface area (Å²) in [5, 5.41) is 0. The molecule has 0 saturated carbocycles. The molecule has 0 radical (unpaired) electrons. The van der Waals surface area contributed by atoms with Crippen molar-refractivity contribution < 1.29 is 0 Å². The molecule has 4 nitrogen and oxygen atoms in total. The highest BCUT2D eigenvalue weighted by Crippen LogP contribution is 2.24. The van der Waals surface area contributed by atoms with Crippen LogP contribution in [-0.4, -0.2) is 17.0 Å². The number of benzene rings is 1. The van der Waals surface area contributed by atoms with Gasteiger partial charge in [0.2, 0.25) is 5.95 Å². The van der Waals surface area contributed by atoms with E-state index in [1.54, 1.807) is 0 Å². The zero-order valence-corrected chi connectivity index (χ0v) is 11.9. The molecular formula is C15H20N4. The molecule has 0 spiro atoms. The van der Waals surface area contributed by atoms with E-state index in [9.17, 15) is 0 Å². The minimum Gasteiger partial charge on any atom is -0.399 e. The smallest absolute Gasteiger partial charge is 0.229 e. The van der Waals surface area contributed by atoms with Crippen LogP contribution in [0.4, 0.5) is 17.3 Å². The van der Waals surface area contributed by atoms with Crippen molar-refractivity contribution in [3.05, 3.63) is 42.2 Å². The quantitative estimate of drug-likeness (QED) is 0.839. The summed E-state index contributed by atoms with van der Waals surface area (Å²) < 4.78 is 0. The van der Waals surface area contributed by atoms with Crippen LogP contribution in [0.2, 0.25) is 0 Å². The molecule has 0 aliphatic carbocycles. The number of aromatic nitrogens is 2. The van der Waals surface area contributed by atoms with Crippen molar-refractivity contribution in [2.75, 3.05) is 17.7 Å². The Morgan fingerprint density at radius 1 is 1.00 bits per heavy atom. The largest absolute Gasteiger partial charge is 0.399 e. The summed E-state index contributed by atoms with van der Waals surface area (Å²) in [7, 11) is 1.94. The number of hydrogen-bond donors (Lipinski definition) is 1. The number of anilines is 3. The van der Waals surface area contributed by atoms with Crippen molar-refractivity contribution in [1.29, 1.82) is 0 Å². The first kappa shape index (κ1) is 13.3. The standard InChI is InChI=1S/C15H20N4/c1-15(2,3)11-9-17-14(18-10-11)19(4)13-7-5-12(16)6-8-13/h5-10H,16H2,1-4H3. The van der Waals surface area contributed by atoms with Crippen molar-refractivity contribution in [1.82, 2.24) is 9.97 Å². The number of hydrogen-bond acceptors (Lipinski definition) is 4. The Labute approximate surface area is 114 Å². The maximum Gasteiger partial charge on any atom is 0.229 e. The zero-order chi connectivity index (χ0) is 14.0. The molecule has 0 aliphatic rings. The Hall–Kier alpha value is -2.10. The van der Waals surface area contributed by atoms with Crippen molar-refractivity contribution in [3.8, 4) is 0 Å². The van der Waals surface area contributed by atoms with E-state index in [1.165, 1.54) is 0 Å². The molecule has 19 heavy (non-hydrogen) atoms. The average molecular weight is 256 g/mol. The van der Waals surface area contributed by atoms with E-state index in [4.69, 9.17) is 5.73 Å². The maximum atomic E-state index is 5.68. The van der Waals surface area contributed by atoms with Crippen LogP contribution >= 0.6 is 0 Å². The summed E-state index contributed by atoms with van der Waals surface area (Å²) in [5.41, 5.74) is 8.64. The lowest BCUT2D eigenvalue weighted by Crippen LogP contribution is -2.16. The molecule has 1 aromatic heterocycles. The van der Waals surface area contributed by atoms with Crippen molar-refractivity contribution >= 4 is 17.3 Å². The van der Waals surface area contributed by atoms with Crippen LogP contribution in [-0.2, 0) is 5.41 Å². The number of nitrogen functional groups attached to an aromatic ring is 1. The number of rotatable bonds is 2. The Morgan fingerprint density at radius 3 is 2.00 bits per heavy atom. The first-order valence-electron chi connectivity index (χ1n) is 6.30. The van der Waals surface area contributed by atoms with Gasteiger partial charge in [0.05, 0.1) is 0 Å². The fourth-order valence-electron chi connectivity index (χ4n) is 1.70. The van der Waals surface area contributed by atoms with Crippen LogP contribution in [0.5, 0.6) is 0 Å². The predicted molar refractivity (Wildman–Crippen MR) is 79.6 cm³/mol. The van der Waals surface area contributed by atoms with Crippen LogP contribution in [0.1, 0.15) is 26.3 Å². The minimum atomic E-state index is 0.0678. The molecule has 100 valence electrons. The summed E-state index contributed by atoms with van der Waals surface area (Å²) in [6.45, 7) is 6.44. The van der Waals surface area contributed by atoms with Gasteiger partial charge in [0.25, 0.3) is 0 Å². The first-order valence-corrected chi connectivity index (χ1v) is 6.30. The fraction of sp³-hybridized carbons (Fsp3) is 0.333. The van der Waals surface area contributed by atoms with E-state index in [0.29, 0.717) is 5.95 Å². The van der Waals surface area contributed by atoms with Gasteiger partial charge in [-0.25, -0.2) is 9.97 Å². The van der Waals surface area contributed by atoms with Gasteiger partial charge in [-0.2, -0.15) is 0 Å². The van der Waals surface area contributed by atoms with Gasteiger partial charge < -0.3 is 10.6 Å². The van der Waals surface area contributed by atoms with E-state index in [2.05, 4.69) is 30.7 Å². The molecule has 1 aromatic carbocycles. The van der Waals surface area contributed by atoms with Gasteiger partial charge in [0.15, 0.2) is 0 Å². The van der Waals surface area contributed by atoms with Gasteiger partial charge in [0, 0.05) is 30.8 Å². The third-order valence-corrected chi connectivity index (χ3v) is 3.08. The summed E-state index contributed by atoms with van der Waals surface area (Å²) in [5.74, 6) is 0.678. The topological polar surface area (TPSA) is 55.0 Å². The van der Waals surface area contributed by atoms with Gasteiger partial charge in [-0.1, -0.05) is 20.8 Å². The first-order chi connectivity index (χ1) is 8.88. The van der Waals surface area contributed by atoms with Gasteiger partial charge in [-0.15, -0.1) is 0 Å². The summed E-state index contributed by atoms with van der Waals surface area (Å²) in [6.07, 6.45) is 3.77. The lowest BCUT2D eigenvalue weighted by Gasteiger charge is -2.21. The Bertz CT molecular complexity index is 538. The minimum absolute atomic E-state index is 0.0678. The Kier molecular flexibility index (Phi) is 3.42. The Morgan fingerprint density at radius 2 is 1.53 bits per heavy atom. The third kappa shape index (κ3) is 3.02. The van der Waals surface area contributed by atoms with E-state index >= 15 is 0 Å². The average Bonchev–Trinajstić information content (AvgIpc) is 2.38. The molecule has 0 unspecified atom stereocenters. The van der Waals surface area contributed by atoms with Crippen LogP contribution in [0.3, 0.4) is 0 Å². The van der Waals surface area contributed by atoms with Gasteiger partial charge in [-0.3, -0.25) is 0 Å². The monoisotopic (exact) mass is 256 g/mol. The molecule has 2 N–H and O–H groups in total. The second-order valence-electron chi connectivity index (χ2n) is 5.67. The normalized spacial score (nSPS) is 11.4. The number of nitrogens with two attached hydrogens (primary N) is 1. The number of nitrogens with zero attached hydrogens (tertiary/aromatic N) is 3. The lowest BCUT2D eigenvalue weighted by molar-refractivity contribution is 0.584.